The molecule has 0 saturated heterocycles. The molecule has 2 heterocycles. The van der Waals surface area contributed by atoms with Crippen LogP contribution in [0.2, 0.25) is 0 Å². The fourth-order valence-electron chi connectivity index (χ4n) is 3.29. The van der Waals surface area contributed by atoms with E-state index in [9.17, 15) is 9.18 Å². The molecule has 0 aliphatic carbocycles. The molecule has 0 radical (unpaired) electrons. The van der Waals surface area contributed by atoms with Gasteiger partial charge in [0.1, 0.15) is 5.82 Å². The van der Waals surface area contributed by atoms with Gasteiger partial charge in [-0.25, -0.2) is 14.4 Å². The molecule has 1 aliphatic heterocycles. The Bertz CT molecular complexity index is 977. The fourth-order valence-corrected chi connectivity index (χ4v) is 3.29. The Balaban J connectivity index is 1.29. The maximum absolute atomic E-state index is 13.6. The van der Waals surface area contributed by atoms with Gasteiger partial charge in [-0.15, -0.1) is 0 Å². The number of aromatic nitrogens is 2. The van der Waals surface area contributed by atoms with Gasteiger partial charge in [-0.2, -0.15) is 0 Å². The molecule has 0 fully saturated rings. The van der Waals surface area contributed by atoms with Gasteiger partial charge in [0.05, 0.1) is 5.69 Å². The number of halogens is 1. The summed E-state index contributed by atoms with van der Waals surface area (Å²) >= 11 is 0. The Kier molecular flexibility index (Phi) is 5.39. The van der Waals surface area contributed by atoms with Crippen LogP contribution in [-0.4, -0.2) is 27.3 Å². The van der Waals surface area contributed by atoms with Crippen molar-refractivity contribution in [2.24, 2.45) is 0 Å². The molecule has 1 amide bonds. The van der Waals surface area contributed by atoms with Crippen LogP contribution in [0.4, 0.5) is 4.39 Å². The maximum Gasteiger partial charge on any atom is 0.221 e. The van der Waals surface area contributed by atoms with Crippen molar-refractivity contribution in [2.75, 3.05) is 6.54 Å². The molecule has 0 bridgehead atoms. The van der Waals surface area contributed by atoms with E-state index in [1.54, 1.807) is 18.2 Å². The average Bonchev–Trinajstić information content (AvgIpc) is 3.14. The van der Waals surface area contributed by atoms with Crippen LogP contribution in [0.15, 0.2) is 60.8 Å². The summed E-state index contributed by atoms with van der Waals surface area (Å²) in [4.78, 5) is 23.4. The van der Waals surface area contributed by atoms with Crippen molar-refractivity contribution < 1.29 is 9.18 Å². The summed E-state index contributed by atoms with van der Waals surface area (Å²) in [6.07, 6.45) is 2.24. The van der Waals surface area contributed by atoms with Crippen LogP contribution in [0.3, 0.4) is 0 Å². The molecule has 28 heavy (non-hydrogen) atoms. The number of amides is 1. The number of nitrogens with one attached hydrogen (secondary N) is 1. The van der Waals surface area contributed by atoms with Crippen molar-refractivity contribution in [3.63, 3.8) is 0 Å². The van der Waals surface area contributed by atoms with Crippen molar-refractivity contribution in [1.82, 2.24) is 20.2 Å². The van der Waals surface area contributed by atoms with E-state index >= 15 is 0 Å². The summed E-state index contributed by atoms with van der Waals surface area (Å²) in [7, 11) is 0. The van der Waals surface area contributed by atoms with Crippen molar-refractivity contribution in [3.05, 3.63) is 83.4 Å². The molecular formula is C22H21FN4O. The zero-order valence-electron chi connectivity index (χ0n) is 15.4. The van der Waals surface area contributed by atoms with Gasteiger partial charge < -0.3 is 5.32 Å². The van der Waals surface area contributed by atoms with E-state index in [1.165, 1.54) is 6.07 Å². The first-order valence-electron chi connectivity index (χ1n) is 9.32. The SMILES string of the molecule is O=C(CCN1Cc2cnc(-c3ccccc3)nc2C1)NCc1ccccc1F. The van der Waals surface area contributed by atoms with E-state index in [4.69, 9.17) is 4.98 Å². The molecule has 0 unspecified atom stereocenters. The van der Waals surface area contributed by atoms with Crippen molar-refractivity contribution in [2.45, 2.75) is 26.1 Å². The lowest BCUT2D eigenvalue weighted by molar-refractivity contribution is -0.121. The topological polar surface area (TPSA) is 58.1 Å². The van der Waals surface area contributed by atoms with E-state index in [0.29, 0.717) is 25.1 Å². The number of benzene rings is 2. The van der Waals surface area contributed by atoms with Gasteiger partial charge in [-0.05, 0) is 6.07 Å². The highest BCUT2D eigenvalue weighted by Crippen LogP contribution is 2.23. The number of carbonyl (C=O) groups excluding carboxylic acids is 1. The number of rotatable bonds is 6. The van der Waals surface area contributed by atoms with Crippen LogP contribution < -0.4 is 5.32 Å². The van der Waals surface area contributed by atoms with Crippen molar-refractivity contribution in [1.29, 1.82) is 0 Å². The largest absolute Gasteiger partial charge is 0.352 e. The lowest BCUT2D eigenvalue weighted by atomic mass is 10.2. The highest BCUT2D eigenvalue weighted by atomic mass is 19.1. The van der Waals surface area contributed by atoms with Gasteiger partial charge in [0.25, 0.3) is 0 Å². The van der Waals surface area contributed by atoms with Crippen LogP contribution in [0.1, 0.15) is 23.2 Å². The van der Waals surface area contributed by atoms with Gasteiger partial charge in [0.15, 0.2) is 5.82 Å². The summed E-state index contributed by atoms with van der Waals surface area (Å²) in [6, 6.07) is 16.4. The minimum absolute atomic E-state index is 0.0877. The van der Waals surface area contributed by atoms with Crippen LogP contribution in [0.25, 0.3) is 11.4 Å². The minimum Gasteiger partial charge on any atom is -0.352 e. The molecule has 4 rings (SSSR count). The molecule has 0 spiro atoms. The third kappa shape index (κ3) is 4.23. The lowest BCUT2D eigenvalue weighted by Crippen LogP contribution is -2.28. The van der Waals surface area contributed by atoms with E-state index in [2.05, 4.69) is 15.2 Å². The van der Waals surface area contributed by atoms with E-state index < -0.39 is 0 Å². The Hall–Kier alpha value is -3.12. The summed E-state index contributed by atoms with van der Waals surface area (Å²) in [6.45, 7) is 2.28. The molecule has 1 aromatic heterocycles. The molecule has 2 aromatic carbocycles. The Morgan fingerprint density at radius 2 is 1.86 bits per heavy atom. The van der Waals surface area contributed by atoms with Crippen molar-refractivity contribution >= 4 is 5.91 Å². The predicted molar refractivity (Wildman–Crippen MR) is 104 cm³/mol. The Morgan fingerprint density at radius 3 is 2.68 bits per heavy atom. The minimum atomic E-state index is -0.300. The van der Waals surface area contributed by atoms with Crippen LogP contribution >= 0.6 is 0 Å². The molecule has 3 aromatic rings. The number of hydrogen-bond acceptors (Lipinski definition) is 4. The highest BCUT2D eigenvalue weighted by molar-refractivity contribution is 5.76. The summed E-state index contributed by atoms with van der Waals surface area (Å²) in [5, 5.41) is 2.78. The van der Waals surface area contributed by atoms with Gasteiger partial charge in [-0.1, -0.05) is 48.5 Å². The number of carbonyl (C=O) groups is 1. The molecule has 1 N–H and O–H groups in total. The second-order valence-corrected chi connectivity index (χ2v) is 6.86. The normalized spacial score (nSPS) is 13.3. The molecule has 5 nitrogen and oxygen atoms in total. The zero-order valence-corrected chi connectivity index (χ0v) is 15.4. The smallest absolute Gasteiger partial charge is 0.221 e. The molecule has 6 heteroatoms. The Labute approximate surface area is 163 Å². The molecule has 0 saturated carbocycles. The van der Waals surface area contributed by atoms with Gasteiger partial charge >= 0.3 is 0 Å². The zero-order chi connectivity index (χ0) is 19.3. The maximum atomic E-state index is 13.6. The second-order valence-electron chi connectivity index (χ2n) is 6.86. The monoisotopic (exact) mass is 376 g/mol. The lowest BCUT2D eigenvalue weighted by Gasteiger charge is -2.14. The third-order valence-corrected chi connectivity index (χ3v) is 4.84. The van der Waals surface area contributed by atoms with E-state index in [-0.39, 0.29) is 18.3 Å². The number of fused-ring (bicyclic) bond motifs is 1. The average molecular weight is 376 g/mol. The Morgan fingerprint density at radius 1 is 1.07 bits per heavy atom. The van der Waals surface area contributed by atoms with Crippen LogP contribution in [0, 0.1) is 5.82 Å². The van der Waals surface area contributed by atoms with Gasteiger partial charge in [-0.3, -0.25) is 9.69 Å². The van der Waals surface area contributed by atoms with Crippen LogP contribution in [-0.2, 0) is 24.4 Å². The van der Waals surface area contributed by atoms with Crippen LogP contribution in [0.5, 0.6) is 0 Å². The van der Waals surface area contributed by atoms with Gasteiger partial charge in [0, 0.05) is 55.5 Å². The van der Waals surface area contributed by atoms with Gasteiger partial charge in [0.2, 0.25) is 5.91 Å². The van der Waals surface area contributed by atoms with E-state index in [0.717, 1.165) is 29.2 Å². The molecular weight excluding hydrogens is 355 g/mol. The van der Waals surface area contributed by atoms with E-state index in [1.807, 2.05) is 36.5 Å². The molecule has 0 atom stereocenters. The summed E-state index contributed by atoms with van der Waals surface area (Å²) in [5.41, 5.74) is 3.61. The first kappa shape index (κ1) is 18.3. The second kappa shape index (κ2) is 8.27. The third-order valence-electron chi connectivity index (χ3n) is 4.84. The first-order valence-corrected chi connectivity index (χ1v) is 9.32. The first-order chi connectivity index (χ1) is 13.7. The fraction of sp³-hybridized carbons (Fsp3) is 0.227. The number of nitrogens with zero attached hydrogens (tertiary/aromatic N) is 3. The number of hydrogen-bond donors (Lipinski definition) is 1. The summed E-state index contributed by atoms with van der Waals surface area (Å²) in [5.74, 6) is 0.338. The molecule has 142 valence electrons. The predicted octanol–water partition coefficient (Wildman–Crippen LogP) is 3.30. The standard InChI is InChI=1S/C22H21FN4O/c23-19-9-5-4-8-17(19)12-24-21(28)10-11-27-14-18-13-25-22(26-20(18)15-27)16-6-2-1-3-7-16/h1-9,13H,10-12,14-15H2,(H,24,28). The summed E-state index contributed by atoms with van der Waals surface area (Å²) < 4.78 is 13.6. The highest BCUT2D eigenvalue weighted by Gasteiger charge is 2.22. The molecule has 1 aliphatic rings. The van der Waals surface area contributed by atoms with Crippen molar-refractivity contribution in [3.8, 4) is 11.4 Å². The quantitative estimate of drug-likeness (QED) is 0.717.